The van der Waals surface area contributed by atoms with Crippen LogP contribution in [0.4, 0.5) is 10.1 Å². The van der Waals surface area contributed by atoms with Crippen LogP contribution in [0.5, 0.6) is 5.75 Å². The summed E-state index contributed by atoms with van der Waals surface area (Å²) in [7, 11) is 0. The molecule has 0 aromatic heterocycles. The minimum Gasteiger partial charge on any atom is -0.489 e. The molecule has 0 aliphatic carbocycles. The molecule has 0 spiro atoms. The molecular weight excluding hydrogens is 417 g/mol. The number of nitrogens with zero attached hydrogens (tertiary/aromatic N) is 1. The Labute approximate surface area is 184 Å². The molecule has 0 saturated carbocycles. The van der Waals surface area contributed by atoms with E-state index in [0.717, 1.165) is 16.9 Å². The number of thiocarbonyl (C=S) groups is 1. The summed E-state index contributed by atoms with van der Waals surface area (Å²) in [5.74, 6) is 0.142. The van der Waals surface area contributed by atoms with Crippen LogP contribution in [0.25, 0.3) is 6.08 Å². The number of ether oxygens (including phenoxy) is 1. The smallest absolute Gasteiger partial charge is 0.270 e. The number of amides is 1. The van der Waals surface area contributed by atoms with E-state index in [4.69, 9.17) is 17.0 Å². The number of hydrogen-bond acceptors (Lipinski definition) is 4. The summed E-state index contributed by atoms with van der Waals surface area (Å²) in [6, 6.07) is 21.5. The van der Waals surface area contributed by atoms with E-state index >= 15 is 0 Å². The molecule has 1 aliphatic heterocycles. The lowest BCUT2D eigenvalue weighted by Gasteiger charge is -2.14. The third-order valence-corrected chi connectivity index (χ3v) is 5.86. The number of carbonyl (C=O) groups excluding carboxylic acids is 1. The van der Waals surface area contributed by atoms with Gasteiger partial charge in [-0.3, -0.25) is 9.69 Å². The summed E-state index contributed by atoms with van der Waals surface area (Å²) in [5.41, 5.74) is 3.69. The van der Waals surface area contributed by atoms with E-state index in [1.165, 1.54) is 34.4 Å². The highest BCUT2D eigenvalue weighted by atomic mass is 32.2. The van der Waals surface area contributed by atoms with Gasteiger partial charge in [0.2, 0.25) is 0 Å². The van der Waals surface area contributed by atoms with Gasteiger partial charge in [0.25, 0.3) is 5.91 Å². The molecule has 150 valence electrons. The first kappa shape index (κ1) is 20.3. The monoisotopic (exact) mass is 435 g/mol. The molecule has 0 unspecified atom stereocenters. The highest BCUT2D eigenvalue weighted by molar-refractivity contribution is 8.27. The van der Waals surface area contributed by atoms with Gasteiger partial charge in [-0.05, 0) is 60.5 Å². The number of benzene rings is 3. The Morgan fingerprint density at radius 2 is 1.80 bits per heavy atom. The van der Waals surface area contributed by atoms with E-state index in [0.29, 0.717) is 21.5 Å². The molecule has 0 bridgehead atoms. The van der Waals surface area contributed by atoms with Crippen LogP contribution in [0.1, 0.15) is 16.7 Å². The molecule has 3 aromatic rings. The Hall–Kier alpha value is -2.96. The fraction of sp³-hybridized carbons (Fsp3) is 0.0833. The first-order chi connectivity index (χ1) is 14.5. The molecule has 4 rings (SSSR count). The van der Waals surface area contributed by atoms with Crippen molar-refractivity contribution < 1.29 is 13.9 Å². The molecule has 1 saturated heterocycles. The van der Waals surface area contributed by atoms with Crippen molar-refractivity contribution in [3.05, 3.63) is 100 Å². The summed E-state index contributed by atoms with van der Waals surface area (Å²) in [6.45, 7) is 2.52. The SMILES string of the molecule is Cc1ccc(COc2cccc(/C=C3/SC(=S)N(c4ccc(F)cc4)C3=O)c2)cc1. The van der Waals surface area contributed by atoms with E-state index in [-0.39, 0.29) is 11.7 Å². The maximum atomic E-state index is 13.2. The largest absolute Gasteiger partial charge is 0.489 e. The van der Waals surface area contributed by atoms with Gasteiger partial charge >= 0.3 is 0 Å². The van der Waals surface area contributed by atoms with Gasteiger partial charge in [0.05, 0.1) is 10.6 Å². The van der Waals surface area contributed by atoms with Gasteiger partial charge in [-0.15, -0.1) is 0 Å². The van der Waals surface area contributed by atoms with Crippen LogP contribution in [0, 0.1) is 12.7 Å². The fourth-order valence-corrected chi connectivity index (χ4v) is 4.28. The second-order valence-electron chi connectivity index (χ2n) is 6.84. The molecular formula is C24H18FNO2S2. The quantitative estimate of drug-likeness (QED) is 0.357. The lowest BCUT2D eigenvalue weighted by Crippen LogP contribution is -2.27. The highest BCUT2D eigenvalue weighted by Crippen LogP contribution is 2.36. The third-order valence-electron chi connectivity index (χ3n) is 4.56. The Morgan fingerprint density at radius 3 is 2.53 bits per heavy atom. The van der Waals surface area contributed by atoms with Crippen molar-refractivity contribution in [3.63, 3.8) is 0 Å². The fourth-order valence-electron chi connectivity index (χ4n) is 2.98. The number of anilines is 1. The first-order valence-corrected chi connectivity index (χ1v) is 10.5. The molecule has 6 heteroatoms. The zero-order chi connectivity index (χ0) is 21.1. The summed E-state index contributed by atoms with van der Waals surface area (Å²) < 4.78 is 19.5. The van der Waals surface area contributed by atoms with Gasteiger partial charge in [-0.25, -0.2) is 4.39 Å². The van der Waals surface area contributed by atoms with E-state index < -0.39 is 0 Å². The molecule has 1 aliphatic rings. The van der Waals surface area contributed by atoms with Crippen molar-refractivity contribution >= 4 is 46.0 Å². The molecule has 0 atom stereocenters. The maximum absolute atomic E-state index is 13.2. The van der Waals surface area contributed by atoms with Crippen LogP contribution in [0.3, 0.4) is 0 Å². The number of aryl methyl sites for hydroxylation is 1. The summed E-state index contributed by atoms with van der Waals surface area (Å²) in [4.78, 5) is 14.8. The van der Waals surface area contributed by atoms with Crippen LogP contribution in [-0.4, -0.2) is 10.2 Å². The molecule has 0 N–H and O–H groups in total. The van der Waals surface area contributed by atoms with Gasteiger partial charge in [0, 0.05) is 0 Å². The lowest BCUT2D eigenvalue weighted by molar-refractivity contribution is -0.113. The third kappa shape index (κ3) is 4.61. The molecule has 3 nitrogen and oxygen atoms in total. The molecule has 30 heavy (non-hydrogen) atoms. The Bertz CT molecular complexity index is 1120. The van der Waals surface area contributed by atoms with E-state index in [1.807, 2.05) is 43.3 Å². The Balaban J connectivity index is 1.49. The normalized spacial score (nSPS) is 15.1. The van der Waals surface area contributed by atoms with Crippen LogP contribution < -0.4 is 9.64 Å². The van der Waals surface area contributed by atoms with Crippen molar-refractivity contribution in [3.8, 4) is 5.75 Å². The number of halogens is 1. The number of thioether (sulfide) groups is 1. The van der Waals surface area contributed by atoms with Crippen molar-refractivity contribution in [2.75, 3.05) is 4.90 Å². The van der Waals surface area contributed by atoms with Gasteiger partial charge < -0.3 is 4.74 Å². The highest BCUT2D eigenvalue weighted by Gasteiger charge is 2.33. The number of rotatable bonds is 5. The molecule has 1 heterocycles. The van der Waals surface area contributed by atoms with Crippen molar-refractivity contribution in [1.29, 1.82) is 0 Å². The average molecular weight is 436 g/mol. The van der Waals surface area contributed by atoms with Crippen LogP contribution in [-0.2, 0) is 11.4 Å². The van der Waals surface area contributed by atoms with Crippen LogP contribution in [0.2, 0.25) is 0 Å². The second-order valence-corrected chi connectivity index (χ2v) is 8.52. The summed E-state index contributed by atoms with van der Waals surface area (Å²) in [6.07, 6.45) is 1.79. The second kappa shape index (κ2) is 8.81. The van der Waals surface area contributed by atoms with Gasteiger partial charge in [0.1, 0.15) is 18.2 Å². The molecule has 0 radical (unpaired) electrons. The van der Waals surface area contributed by atoms with Crippen molar-refractivity contribution in [1.82, 2.24) is 0 Å². The van der Waals surface area contributed by atoms with Gasteiger partial charge in [-0.1, -0.05) is 65.9 Å². The minimum atomic E-state index is -0.359. The summed E-state index contributed by atoms with van der Waals surface area (Å²) >= 11 is 6.59. The van der Waals surface area contributed by atoms with Gasteiger partial charge in [0.15, 0.2) is 4.32 Å². The average Bonchev–Trinajstić information content (AvgIpc) is 3.02. The zero-order valence-corrected chi connectivity index (χ0v) is 17.8. The number of hydrogen-bond donors (Lipinski definition) is 0. The Kier molecular flexibility index (Phi) is 5.97. The lowest BCUT2D eigenvalue weighted by atomic mass is 10.1. The first-order valence-electron chi connectivity index (χ1n) is 9.31. The van der Waals surface area contributed by atoms with Crippen LogP contribution in [0.15, 0.2) is 77.7 Å². The van der Waals surface area contributed by atoms with E-state index in [1.54, 1.807) is 18.2 Å². The summed E-state index contributed by atoms with van der Waals surface area (Å²) in [5, 5.41) is 0. The standard InChI is InChI=1S/C24H18FNO2S2/c1-16-5-7-17(8-6-16)15-28-21-4-2-3-18(13-21)14-22-23(27)26(24(29)30-22)20-11-9-19(25)10-12-20/h2-14H,15H2,1H3/b22-14+. The predicted molar refractivity (Wildman–Crippen MR) is 124 cm³/mol. The van der Waals surface area contributed by atoms with Crippen molar-refractivity contribution in [2.24, 2.45) is 0 Å². The van der Waals surface area contributed by atoms with Crippen molar-refractivity contribution in [2.45, 2.75) is 13.5 Å². The topological polar surface area (TPSA) is 29.5 Å². The Morgan fingerprint density at radius 1 is 1.07 bits per heavy atom. The maximum Gasteiger partial charge on any atom is 0.270 e. The molecule has 1 amide bonds. The van der Waals surface area contributed by atoms with Crippen LogP contribution >= 0.6 is 24.0 Å². The number of carbonyl (C=O) groups is 1. The molecule has 1 fully saturated rings. The van der Waals surface area contributed by atoms with E-state index in [9.17, 15) is 9.18 Å². The molecule has 3 aromatic carbocycles. The predicted octanol–water partition coefficient (Wildman–Crippen LogP) is 6.12. The van der Waals surface area contributed by atoms with E-state index in [2.05, 4.69) is 12.1 Å². The minimum absolute atomic E-state index is 0.220. The van der Waals surface area contributed by atoms with Gasteiger partial charge in [-0.2, -0.15) is 0 Å². The zero-order valence-electron chi connectivity index (χ0n) is 16.2.